The molecule has 29 heavy (non-hydrogen) atoms. The summed E-state index contributed by atoms with van der Waals surface area (Å²) in [5.74, 6) is -0.655. The van der Waals surface area contributed by atoms with Crippen LogP contribution in [0.3, 0.4) is 0 Å². The normalized spacial score (nSPS) is 11.0. The number of nitrogens with zero attached hydrogens (tertiary/aromatic N) is 1. The van der Waals surface area contributed by atoms with E-state index in [0.717, 1.165) is 37.8 Å². The van der Waals surface area contributed by atoms with Crippen molar-refractivity contribution in [3.63, 3.8) is 0 Å². The Morgan fingerprint density at radius 2 is 1.93 bits per heavy atom. The Balaban J connectivity index is 1.97. The van der Waals surface area contributed by atoms with Crippen LogP contribution in [0.2, 0.25) is 4.34 Å². The van der Waals surface area contributed by atoms with Crippen LogP contribution >= 0.6 is 34.3 Å². The molecule has 0 unspecified atom stereocenters. The highest BCUT2D eigenvalue weighted by Crippen LogP contribution is 2.45. The van der Waals surface area contributed by atoms with Crippen molar-refractivity contribution in [1.82, 2.24) is 9.72 Å². The molecule has 148 valence electrons. The molecule has 1 amide bonds. The smallest absolute Gasteiger partial charge is 0.259 e. The van der Waals surface area contributed by atoms with E-state index in [1.807, 2.05) is 37.3 Å². The van der Waals surface area contributed by atoms with E-state index in [1.54, 1.807) is 11.3 Å². The standard InChI is InChI=1S/C20H15ClN2O3S3/c1-12-10-27-20-18(13-5-3-2-4-6-13)19(15-7-8-16(21)28-15)14(23(12)20)9-22-17(24)11-29(25)26/h2-8,10-11H,9H2,1H3,(H,22,24). The van der Waals surface area contributed by atoms with Crippen molar-refractivity contribution >= 4 is 60.7 Å². The lowest BCUT2D eigenvalue weighted by atomic mass is 10.0. The second-order valence-corrected chi connectivity index (χ2v) is 9.61. The Hall–Kier alpha value is -2.39. The molecular weight excluding hydrogens is 448 g/mol. The van der Waals surface area contributed by atoms with Gasteiger partial charge in [0.25, 0.3) is 5.91 Å². The molecular formula is C20H15ClN2O3S3. The zero-order valence-electron chi connectivity index (χ0n) is 15.2. The number of benzene rings is 1. The summed E-state index contributed by atoms with van der Waals surface area (Å²) in [4.78, 5) is 14.0. The molecule has 0 aliphatic heterocycles. The topological polar surface area (TPSA) is 67.7 Å². The van der Waals surface area contributed by atoms with E-state index in [1.165, 1.54) is 11.3 Å². The van der Waals surface area contributed by atoms with Gasteiger partial charge in [0, 0.05) is 27.1 Å². The van der Waals surface area contributed by atoms with Gasteiger partial charge in [-0.15, -0.1) is 22.7 Å². The first-order chi connectivity index (χ1) is 14.0. The van der Waals surface area contributed by atoms with E-state index in [-0.39, 0.29) is 6.54 Å². The lowest BCUT2D eigenvalue weighted by Gasteiger charge is -2.08. The number of rotatable bonds is 5. The number of thiazole rings is 1. The number of amides is 1. The Morgan fingerprint density at radius 1 is 1.17 bits per heavy atom. The van der Waals surface area contributed by atoms with Crippen molar-refractivity contribution in [2.75, 3.05) is 0 Å². The average Bonchev–Trinajstić information content (AvgIpc) is 3.35. The minimum Gasteiger partial charge on any atom is -0.346 e. The first-order valence-electron chi connectivity index (χ1n) is 8.59. The second-order valence-electron chi connectivity index (χ2n) is 6.28. The van der Waals surface area contributed by atoms with Crippen molar-refractivity contribution in [1.29, 1.82) is 0 Å². The first-order valence-corrected chi connectivity index (χ1v) is 11.8. The highest BCUT2D eigenvalue weighted by Gasteiger charge is 2.24. The molecule has 0 saturated carbocycles. The van der Waals surface area contributed by atoms with Crippen LogP contribution in [-0.2, 0) is 21.6 Å². The van der Waals surface area contributed by atoms with Gasteiger partial charge < -0.3 is 9.72 Å². The summed E-state index contributed by atoms with van der Waals surface area (Å²) in [5.41, 5.74) is 5.05. The molecule has 0 radical (unpaired) electrons. The molecule has 0 saturated heterocycles. The number of nitrogens with one attached hydrogen (secondary N) is 1. The molecule has 9 heteroatoms. The molecule has 1 N–H and O–H groups in total. The van der Waals surface area contributed by atoms with Crippen molar-refractivity contribution < 1.29 is 13.2 Å². The number of aryl methyl sites for hydroxylation is 1. The van der Waals surface area contributed by atoms with Crippen molar-refractivity contribution in [3.8, 4) is 21.6 Å². The summed E-state index contributed by atoms with van der Waals surface area (Å²) in [7, 11) is -2.55. The van der Waals surface area contributed by atoms with Gasteiger partial charge in [0.05, 0.1) is 16.6 Å². The number of halogens is 1. The molecule has 4 aromatic rings. The molecule has 4 rings (SSSR count). The third-order valence-electron chi connectivity index (χ3n) is 4.43. The van der Waals surface area contributed by atoms with Crippen molar-refractivity contribution in [2.24, 2.45) is 0 Å². The predicted octanol–water partition coefficient (Wildman–Crippen LogP) is 4.66. The van der Waals surface area contributed by atoms with E-state index < -0.39 is 16.2 Å². The van der Waals surface area contributed by atoms with Crippen LogP contribution in [-0.4, -0.2) is 24.1 Å². The summed E-state index contributed by atoms with van der Waals surface area (Å²) in [5, 5.41) is 5.39. The number of carbonyl (C=O) groups excluding carboxylic acids is 1. The molecule has 0 aliphatic rings. The Labute approximate surface area is 181 Å². The van der Waals surface area contributed by atoms with Gasteiger partial charge in [0.2, 0.25) is 10.3 Å². The lowest BCUT2D eigenvalue weighted by Crippen LogP contribution is -2.25. The maximum atomic E-state index is 11.9. The van der Waals surface area contributed by atoms with Crippen molar-refractivity contribution in [2.45, 2.75) is 13.5 Å². The molecule has 0 aliphatic carbocycles. The van der Waals surface area contributed by atoms with Gasteiger partial charge >= 0.3 is 0 Å². The van der Waals surface area contributed by atoms with Gasteiger partial charge in [-0.2, -0.15) is 8.42 Å². The molecule has 1 aromatic carbocycles. The molecule has 0 bridgehead atoms. The molecule has 0 atom stereocenters. The molecule has 5 nitrogen and oxygen atoms in total. The quantitative estimate of drug-likeness (QED) is 0.439. The molecule has 0 spiro atoms. The number of fused-ring (bicyclic) bond motifs is 1. The number of carbonyl (C=O) groups is 1. The minimum atomic E-state index is -2.55. The first kappa shape index (κ1) is 19.9. The summed E-state index contributed by atoms with van der Waals surface area (Å²) in [6.07, 6.45) is 0. The van der Waals surface area contributed by atoms with E-state index >= 15 is 0 Å². The Kier molecular flexibility index (Phi) is 5.60. The molecule has 3 heterocycles. The van der Waals surface area contributed by atoms with E-state index in [0.29, 0.717) is 9.70 Å². The zero-order chi connectivity index (χ0) is 20.5. The summed E-state index contributed by atoms with van der Waals surface area (Å²) >= 11 is 9.32. The Morgan fingerprint density at radius 3 is 2.59 bits per heavy atom. The van der Waals surface area contributed by atoms with E-state index in [4.69, 9.17) is 11.6 Å². The van der Waals surface area contributed by atoms with Crippen LogP contribution in [0.5, 0.6) is 0 Å². The van der Waals surface area contributed by atoms with Gasteiger partial charge in [0.1, 0.15) is 10.2 Å². The van der Waals surface area contributed by atoms with Crippen LogP contribution in [0.25, 0.3) is 26.4 Å². The highest BCUT2D eigenvalue weighted by atomic mass is 35.5. The SMILES string of the molecule is Cc1csc2c(-c3ccccc3)c(-c3ccc(Cl)s3)c(CNC(=O)C=S(=O)=O)n12. The van der Waals surface area contributed by atoms with Gasteiger partial charge in [-0.1, -0.05) is 41.9 Å². The highest BCUT2D eigenvalue weighted by molar-refractivity contribution is 7.73. The van der Waals surface area contributed by atoms with Crippen LogP contribution in [0.15, 0.2) is 47.8 Å². The lowest BCUT2D eigenvalue weighted by molar-refractivity contribution is -0.114. The zero-order valence-corrected chi connectivity index (χ0v) is 18.4. The summed E-state index contributed by atoms with van der Waals surface area (Å²) in [6, 6.07) is 13.9. The number of aromatic nitrogens is 1. The van der Waals surface area contributed by atoms with Gasteiger partial charge in [0.15, 0.2) is 0 Å². The average molecular weight is 463 g/mol. The predicted molar refractivity (Wildman–Crippen MR) is 121 cm³/mol. The van der Waals surface area contributed by atoms with Gasteiger partial charge in [-0.25, -0.2) is 0 Å². The summed E-state index contributed by atoms with van der Waals surface area (Å²) < 4.78 is 24.4. The van der Waals surface area contributed by atoms with Crippen LogP contribution < -0.4 is 5.32 Å². The fourth-order valence-corrected chi connectivity index (χ4v) is 5.79. The number of thiophene rings is 1. The van der Waals surface area contributed by atoms with Crippen LogP contribution in [0.1, 0.15) is 11.4 Å². The maximum Gasteiger partial charge on any atom is 0.259 e. The molecule has 0 fully saturated rings. The largest absolute Gasteiger partial charge is 0.346 e. The molecule has 3 aromatic heterocycles. The Bertz CT molecular complexity index is 1340. The van der Waals surface area contributed by atoms with Gasteiger partial charge in [-0.05, 0) is 24.6 Å². The minimum absolute atomic E-state index is 0.183. The fraction of sp³-hybridized carbons (Fsp3) is 0.100. The third kappa shape index (κ3) is 3.89. The third-order valence-corrected chi connectivity index (χ3v) is 7.16. The van der Waals surface area contributed by atoms with Crippen LogP contribution in [0.4, 0.5) is 0 Å². The van der Waals surface area contributed by atoms with Crippen molar-refractivity contribution in [3.05, 3.63) is 63.6 Å². The number of hydrogen-bond donors (Lipinski definition) is 1. The maximum absolute atomic E-state index is 11.9. The van der Waals surface area contributed by atoms with E-state index in [2.05, 4.69) is 27.2 Å². The van der Waals surface area contributed by atoms with Gasteiger partial charge in [-0.3, -0.25) is 4.79 Å². The van der Waals surface area contributed by atoms with Crippen LogP contribution in [0, 0.1) is 6.92 Å². The number of hydrogen-bond acceptors (Lipinski definition) is 5. The fourth-order valence-electron chi connectivity index (χ4n) is 3.33. The van der Waals surface area contributed by atoms with E-state index in [9.17, 15) is 13.2 Å². The monoisotopic (exact) mass is 462 g/mol. The second kappa shape index (κ2) is 8.16. The summed E-state index contributed by atoms with van der Waals surface area (Å²) in [6.45, 7) is 2.19.